The summed E-state index contributed by atoms with van der Waals surface area (Å²) in [5.74, 6) is 2.23. The van der Waals surface area contributed by atoms with Crippen molar-refractivity contribution in [1.82, 2.24) is 10.3 Å². The van der Waals surface area contributed by atoms with E-state index >= 15 is 0 Å². The number of aromatic nitrogens is 1. The van der Waals surface area contributed by atoms with Gasteiger partial charge in [0.1, 0.15) is 0 Å². The normalized spacial score (nSPS) is 29.3. The largest absolute Gasteiger partial charge is 0.356 e. The minimum atomic E-state index is 0.152. The highest BCUT2D eigenvalue weighted by molar-refractivity contribution is 5.81. The molecule has 1 aliphatic heterocycles. The van der Waals surface area contributed by atoms with Crippen molar-refractivity contribution in [2.45, 2.75) is 20.3 Å². The zero-order valence-corrected chi connectivity index (χ0v) is 16.3. The molecule has 1 aromatic heterocycles. The summed E-state index contributed by atoms with van der Waals surface area (Å²) in [5, 5.41) is 12.3. The topological polar surface area (TPSA) is 65.8 Å². The average molecular weight is 371 g/mol. The van der Waals surface area contributed by atoms with Crippen molar-refractivity contribution < 1.29 is 4.79 Å². The number of fused-ring (bicyclic) bond motifs is 1. The molecule has 2 aliphatic rings. The number of nitriles is 1. The van der Waals surface area contributed by atoms with Crippen LogP contribution in [-0.4, -0.2) is 17.4 Å². The SMILES string of the molecule is C[C@H]1CC2C(=O)NC[C@H]2C(/C=C/c2ccc(-c3ccccc3C#N)cn2)[C@@H]1C. The summed E-state index contributed by atoms with van der Waals surface area (Å²) in [5.41, 5.74) is 3.40. The minimum absolute atomic E-state index is 0.152. The number of nitrogens with one attached hydrogen (secondary N) is 1. The number of amides is 1. The summed E-state index contributed by atoms with van der Waals surface area (Å²) in [6, 6.07) is 13.8. The van der Waals surface area contributed by atoms with Gasteiger partial charge in [0.15, 0.2) is 0 Å². The first-order valence-electron chi connectivity index (χ1n) is 10.00. The summed E-state index contributed by atoms with van der Waals surface area (Å²) in [4.78, 5) is 16.7. The summed E-state index contributed by atoms with van der Waals surface area (Å²) in [7, 11) is 0. The molecular weight excluding hydrogens is 346 g/mol. The smallest absolute Gasteiger partial charge is 0.223 e. The molecule has 4 nitrogen and oxygen atoms in total. The van der Waals surface area contributed by atoms with E-state index in [9.17, 15) is 10.1 Å². The Morgan fingerprint density at radius 3 is 2.79 bits per heavy atom. The number of hydrogen-bond donors (Lipinski definition) is 1. The summed E-state index contributed by atoms with van der Waals surface area (Å²) in [6.45, 7) is 5.34. The molecule has 1 amide bonds. The lowest BCUT2D eigenvalue weighted by molar-refractivity contribution is -0.124. The van der Waals surface area contributed by atoms with Gasteiger partial charge in [0.05, 0.1) is 17.3 Å². The maximum Gasteiger partial charge on any atom is 0.223 e. The first-order valence-corrected chi connectivity index (χ1v) is 10.00. The minimum Gasteiger partial charge on any atom is -0.356 e. The van der Waals surface area contributed by atoms with E-state index < -0.39 is 0 Å². The van der Waals surface area contributed by atoms with Crippen LogP contribution in [0.1, 0.15) is 31.5 Å². The first kappa shape index (κ1) is 18.4. The Morgan fingerprint density at radius 1 is 1.21 bits per heavy atom. The van der Waals surface area contributed by atoms with Crippen molar-refractivity contribution in [2.24, 2.45) is 29.6 Å². The molecule has 1 N–H and O–H groups in total. The van der Waals surface area contributed by atoms with Gasteiger partial charge in [-0.1, -0.05) is 44.2 Å². The van der Waals surface area contributed by atoms with Gasteiger partial charge in [-0.05, 0) is 48.3 Å². The van der Waals surface area contributed by atoms with Crippen LogP contribution in [0.5, 0.6) is 0 Å². The Hall–Kier alpha value is -2.93. The van der Waals surface area contributed by atoms with Crippen molar-refractivity contribution in [1.29, 1.82) is 5.26 Å². The van der Waals surface area contributed by atoms with Crippen LogP contribution < -0.4 is 5.32 Å². The van der Waals surface area contributed by atoms with Crippen LogP contribution in [0.25, 0.3) is 17.2 Å². The van der Waals surface area contributed by atoms with Crippen LogP contribution in [0.3, 0.4) is 0 Å². The van der Waals surface area contributed by atoms with Crippen LogP contribution in [-0.2, 0) is 4.79 Å². The molecular formula is C24H25N3O. The van der Waals surface area contributed by atoms with E-state index in [0.29, 0.717) is 29.2 Å². The number of benzene rings is 1. The molecule has 2 fully saturated rings. The number of rotatable bonds is 3. The zero-order chi connectivity index (χ0) is 19.7. The van der Waals surface area contributed by atoms with Gasteiger partial charge in [0.2, 0.25) is 5.91 Å². The van der Waals surface area contributed by atoms with E-state index in [2.05, 4.69) is 42.4 Å². The Morgan fingerprint density at radius 2 is 2.04 bits per heavy atom. The molecule has 142 valence electrons. The van der Waals surface area contributed by atoms with Crippen molar-refractivity contribution in [3.63, 3.8) is 0 Å². The highest BCUT2D eigenvalue weighted by atomic mass is 16.2. The number of hydrogen-bond acceptors (Lipinski definition) is 3. The fourth-order valence-electron chi connectivity index (χ4n) is 4.78. The van der Waals surface area contributed by atoms with Gasteiger partial charge < -0.3 is 5.32 Å². The molecule has 5 atom stereocenters. The molecule has 2 unspecified atom stereocenters. The average Bonchev–Trinajstić information content (AvgIpc) is 3.09. The highest BCUT2D eigenvalue weighted by Crippen LogP contribution is 2.45. The van der Waals surface area contributed by atoms with Crippen molar-refractivity contribution in [2.75, 3.05) is 6.54 Å². The van der Waals surface area contributed by atoms with E-state index in [-0.39, 0.29) is 11.8 Å². The van der Waals surface area contributed by atoms with Gasteiger partial charge in [0.25, 0.3) is 0 Å². The van der Waals surface area contributed by atoms with Crippen LogP contribution in [0, 0.1) is 40.9 Å². The lowest BCUT2D eigenvalue weighted by Gasteiger charge is -2.39. The molecule has 0 spiro atoms. The maximum atomic E-state index is 12.1. The van der Waals surface area contributed by atoms with Crippen LogP contribution in [0.2, 0.25) is 0 Å². The highest BCUT2D eigenvalue weighted by Gasteiger charge is 2.46. The van der Waals surface area contributed by atoms with Crippen LogP contribution in [0.15, 0.2) is 48.7 Å². The Balaban J connectivity index is 1.55. The van der Waals surface area contributed by atoms with E-state index in [4.69, 9.17) is 0 Å². The molecule has 4 heteroatoms. The van der Waals surface area contributed by atoms with Crippen molar-refractivity contribution >= 4 is 12.0 Å². The molecule has 1 saturated carbocycles. The monoisotopic (exact) mass is 371 g/mol. The van der Waals surface area contributed by atoms with Gasteiger partial charge in [-0.25, -0.2) is 0 Å². The Labute approximate surface area is 166 Å². The fraction of sp³-hybridized carbons (Fsp3) is 0.375. The number of carbonyl (C=O) groups excluding carboxylic acids is 1. The van der Waals surface area contributed by atoms with Crippen molar-refractivity contribution in [3.8, 4) is 17.2 Å². The number of carbonyl (C=O) groups is 1. The van der Waals surface area contributed by atoms with E-state index in [1.165, 1.54) is 0 Å². The van der Waals surface area contributed by atoms with Crippen LogP contribution >= 0.6 is 0 Å². The standard InChI is InChI=1S/C24H25N3O/c1-15-11-22-23(14-27-24(22)28)20(16(15)2)10-9-19-8-7-18(13-26-19)21-6-4-3-5-17(21)12-25/h3-10,13,15-16,20,22-23H,11,14H2,1-2H3,(H,27,28)/b10-9+/t15-,16+,20?,22?,23-/m0/s1. The van der Waals surface area contributed by atoms with E-state index in [1.54, 1.807) is 0 Å². The van der Waals surface area contributed by atoms with Gasteiger partial charge in [0, 0.05) is 29.8 Å². The number of allylic oxidation sites excluding steroid dienone is 1. The lowest BCUT2D eigenvalue weighted by Crippen LogP contribution is -2.37. The predicted octanol–water partition coefficient (Wildman–Crippen LogP) is 4.29. The molecule has 1 aromatic carbocycles. The molecule has 4 rings (SSSR count). The van der Waals surface area contributed by atoms with Gasteiger partial charge in [-0.15, -0.1) is 0 Å². The second-order valence-electron chi connectivity index (χ2n) is 8.15. The number of nitrogens with zero attached hydrogens (tertiary/aromatic N) is 2. The van der Waals surface area contributed by atoms with E-state index in [1.807, 2.05) is 42.6 Å². The molecule has 28 heavy (non-hydrogen) atoms. The third-order valence-electron chi connectivity index (χ3n) is 6.62. The summed E-state index contributed by atoms with van der Waals surface area (Å²) in [6.07, 6.45) is 7.15. The van der Waals surface area contributed by atoms with Crippen LogP contribution in [0.4, 0.5) is 0 Å². The van der Waals surface area contributed by atoms with Crippen molar-refractivity contribution in [3.05, 3.63) is 59.9 Å². The third kappa shape index (κ3) is 3.33. The molecule has 2 aromatic rings. The zero-order valence-electron chi connectivity index (χ0n) is 16.3. The summed E-state index contributed by atoms with van der Waals surface area (Å²) < 4.78 is 0. The lowest BCUT2D eigenvalue weighted by atomic mass is 9.64. The molecule has 1 saturated heterocycles. The summed E-state index contributed by atoms with van der Waals surface area (Å²) >= 11 is 0. The van der Waals surface area contributed by atoms with Gasteiger partial charge in [-0.3, -0.25) is 9.78 Å². The first-order chi connectivity index (χ1) is 13.6. The predicted molar refractivity (Wildman–Crippen MR) is 110 cm³/mol. The molecule has 0 bridgehead atoms. The quantitative estimate of drug-likeness (QED) is 0.875. The fourth-order valence-corrected chi connectivity index (χ4v) is 4.78. The maximum absolute atomic E-state index is 12.1. The Bertz CT molecular complexity index is 941. The van der Waals surface area contributed by atoms with Gasteiger partial charge in [-0.2, -0.15) is 5.26 Å². The van der Waals surface area contributed by atoms with E-state index in [0.717, 1.165) is 29.8 Å². The number of pyridine rings is 1. The second kappa shape index (κ2) is 7.59. The third-order valence-corrected chi connectivity index (χ3v) is 6.62. The molecule has 0 radical (unpaired) electrons. The van der Waals surface area contributed by atoms with Gasteiger partial charge >= 0.3 is 0 Å². The Kier molecular flexibility index (Phi) is 5.00. The molecule has 2 heterocycles. The molecule has 1 aliphatic carbocycles. The second-order valence-corrected chi connectivity index (χ2v) is 8.15.